The normalized spacial score (nSPS) is 18.2. The first kappa shape index (κ1) is 21.6. The van der Waals surface area contributed by atoms with Crippen molar-refractivity contribution in [2.75, 3.05) is 32.7 Å². The van der Waals surface area contributed by atoms with Gasteiger partial charge >= 0.3 is 0 Å². The molecule has 1 aliphatic carbocycles. The van der Waals surface area contributed by atoms with E-state index >= 15 is 0 Å². The minimum atomic E-state index is 0.0276. The third-order valence-corrected chi connectivity index (χ3v) is 6.65. The van der Waals surface area contributed by atoms with E-state index in [2.05, 4.69) is 58.7 Å². The van der Waals surface area contributed by atoms with Crippen LogP contribution in [0.1, 0.15) is 49.3 Å². The number of piperazine rings is 1. The molecule has 0 aromatic heterocycles. The van der Waals surface area contributed by atoms with E-state index in [0.717, 1.165) is 38.8 Å². The van der Waals surface area contributed by atoms with Crippen molar-refractivity contribution in [2.45, 2.75) is 38.1 Å². The Morgan fingerprint density at radius 2 is 1.35 bits per heavy atom. The van der Waals surface area contributed by atoms with Crippen molar-refractivity contribution >= 4 is 11.8 Å². The fourth-order valence-electron chi connectivity index (χ4n) is 4.90. The lowest BCUT2D eigenvalue weighted by molar-refractivity contribution is -0.135. The summed E-state index contributed by atoms with van der Waals surface area (Å²) in [6.07, 6.45) is 5.38. The number of hydrogen-bond donors (Lipinski definition) is 1. The Bertz CT molecular complexity index is 802. The maximum absolute atomic E-state index is 12.7. The SMILES string of the molecule is O=C(NCC(=O)N1CCN(C(c2ccccc2)c2ccccc2)CC1)C1CCCCC1. The average molecular weight is 420 g/mol. The van der Waals surface area contributed by atoms with Gasteiger partial charge in [0, 0.05) is 32.1 Å². The molecule has 1 heterocycles. The number of nitrogens with one attached hydrogen (secondary N) is 1. The molecule has 5 heteroatoms. The highest BCUT2D eigenvalue weighted by molar-refractivity contribution is 5.85. The Kier molecular flexibility index (Phi) is 7.36. The third-order valence-electron chi connectivity index (χ3n) is 6.65. The van der Waals surface area contributed by atoms with Crippen molar-refractivity contribution in [3.8, 4) is 0 Å². The van der Waals surface area contributed by atoms with Gasteiger partial charge in [-0.1, -0.05) is 79.9 Å². The van der Waals surface area contributed by atoms with E-state index in [4.69, 9.17) is 0 Å². The molecule has 1 saturated heterocycles. The van der Waals surface area contributed by atoms with Crippen LogP contribution in [-0.4, -0.2) is 54.3 Å². The summed E-state index contributed by atoms with van der Waals surface area (Å²) in [5.41, 5.74) is 2.54. The van der Waals surface area contributed by atoms with Gasteiger partial charge in [0.2, 0.25) is 11.8 Å². The van der Waals surface area contributed by atoms with Gasteiger partial charge in [-0.15, -0.1) is 0 Å². The first-order chi connectivity index (χ1) is 15.2. The van der Waals surface area contributed by atoms with Crippen molar-refractivity contribution in [1.29, 1.82) is 0 Å². The summed E-state index contributed by atoms with van der Waals surface area (Å²) in [7, 11) is 0. The Morgan fingerprint density at radius 3 is 1.90 bits per heavy atom. The summed E-state index contributed by atoms with van der Waals surface area (Å²) in [6.45, 7) is 3.13. The molecule has 31 heavy (non-hydrogen) atoms. The van der Waals surface area contributed by atoms with E-state index in [9.17, 15) is 9.59 Å². The van der Waals surface area contributed by atoms with Crippen LogP contribution in [0, 0.1) is 5.92 Å². The van der Waals surface area contributed by atoms with Gasteiger partial charge in [0.05, 0.1) is 12.6 Å². The van der Waals surface area contributed by atoms with Gasteiger partial charge in [0.1, 0.15) is 0 Å². The quantitative estimate of drug-likeness (QED) is 0.778. The molecule has 2 amide bonds. The summed E-state index contributed by atoms with van der Waals surface area (Å²) in [6, 6.07) is 21.3. The summed E-state index contributed by atoms with van der Waals surface area (Å²) in [5, 5.41) is 2.89. The lowest BCUT2D eigenvalue weighted by atomic mass is 9.89. The molecule has 2 aliphatic rings. The minimum Gasteiger partial charge on any atom is -0.347 e. The van der Waals surface area contributed by atoms with E-state index in [1.165, 1.54) is 17.5 Å². The zero-order chi connectivity index (χ0) is 21.5. The maximum atomic E-state index is 12.7. The molecule has 0 radical (unpaired) electrons. The molecular weight excluding hydrogens is 386 g/mol. The summed E-state index contributed by atoms with van der Waals surface area (Å²) in [5.74, 6) is 0.176. The molecule has 2 fully saturated rings. The van der Waals surface area contributed by atoms with Gasteiger partial charge in [-0.2, -0.15) is 0 Å². The van der Waals surface area contributed by atoms with Crippen LogP contribution in [0.3, 0.4) is 0 Å². The Balaban J connectivity index is 1.33. The fourth-order valence-corrected chi connectivity index (χ4v) is 4.90. The smallest absolute Gasteiger partial charge is 0.242 e. The maximum Gasteiger partial charge on any atom is 0.242 e. The highest BCUT2D eigenvalue weighted by Gasteiger charge is 2.28. The lowest BCUT2D eigenvalue weighted by Gasteiger charge is -2.40. The van der Waals surface area contributed by atoms with Crippen LogP contribution >= 0.6 is 0 Å². The molecule has 0 unspecified atom stereocenters. The zero-order valence-corrected chi connectivity index (χ0v) is 18.2. The van der Waals surface area contributed by atoms with Crippen LogP contribution in [-0.2, 0) is 9.59 Å². The number of amides is 2. The molecule has 4 rings (SSSR count). The predicted molar refractivity (Wildman–Crippen MR) is 122 cm³/mol. The lowest BCUT2D eigenvalue weighted by Crippen LogP contribution is -2.52. The zero-order valence-electron chi connectivity index (χ0n) is 18.2. The molecule has 5 nitrogen and oxygen atoms in total. The molecular formula is C26H33N3O2. The Labute approximate surface area is 185 Å². The number of nitrogens with zero attached hydrogens (tertiary/aromatic N) is 2. The number of rotatable bonds is 6. The second-order valence-corrected chi connectivity index (χ2v) is 8.69. The Morgan fingerprint density at radius 1 is 0.806 bits per heavy atom. The average Bonchev–Trinajstić information content (AvgIpc) is 2.85. The third kappa shape index (κ3) is 5.53. The van der Waals surface area contributed by atoms with Gasteiger partial charge in [-0.3, -0.25) is 14.5 Å². The molecule has 164 valence electrons. The van der Waals surface area contributed by atoms with Crippen molar-refractivity contribution in [3.63, 3.8) is 0 Å². The van der Waals surface area contributed by atoms with Crippen LogP contribution in [0.2, 0.25) is 0 Å². The molecule has 2 aromatic rings. The Hall–Kier alpha value is -2.66. The van der Waals surface area contributed by atoms with E-state index in [1.54, 1.807) is 0 Å². The fraction of sp³-hybridized carbons (Fsp3) is 0.462. The molecule has 0 bridgehead atoms. The van der Waals surface area contributed by atoms with Crippen LogP contribution < -0.4 is 5.32 Å². The standard InChI is InChI=1S/C26H33N3O2/c30-24(20-27-26(31)23-14-8-3-9-15-23)28-16-18-29(19-17-28)25(21-10-4-1-5-11-21)22-12-6-2-7-13-22/h1-2,4-7,10-13,23,25H,3,8-9,14-20H2,(H,27,31). The van der Waals surface area contributed by atoms with Crippen molar-refractivity contribution in [3.05, 3.63) is 71.8 Å². The van der Waals surface area contributed by atoms with E-state index < -0.39 is 0 Å². The minimum absolute atomic E-state index is 0.0276. The van der Waals surface area contributed by atoms with Crippen LogP contribution in [0.15, 0.2) is 60.7 Å². The summed E-state index contributed by atoms with van der Waals surface area (Å²) >= 11 is 0. The second-order valence-electron chi connectivity index (χ2n) is 8.69. The van der Waals surface area contributed by atoms with Gasteiger partial charge < -0.3 is 10.2 Å². The monoisotopic (exact) mass is 419 g/mol. The van der Waals surface area contributed by atoms with Gasteiger partial charge in [0.15, 0.2) is 0 Å². The largest absolute Gasteiger partial charge is 0.347 e. The number of carbonyl (C=O) groups is 2. The second kappa shape index (κ2) is 10.6. The van der Waals surface area contributed by atoms with Gasteiger partial charge in [0.25, 0.3) is 0 Å². The van der Waals surface area contributed by atoms with Crippen LogP contribution in [0.4, 0.5) is 0 Å². The molecule has 1 saturated carbocycles. The highest BCUT2D eigenvalue weighted by Crippen LogP contribution is 2.29. The topological polar surface area (TPSA) is 52.7 Å². The number of hydrogen-bond acceptors (Lipinski definition) is 3. The molecule has 0 atom stereocenters. The summed E-state index contributed by atoms with van der Waals surface area (Å²) in [4.78, 5) is 29.4. The number of benzene rings is 2. The summed E-state index contributed by atoms with van der Waals surface area (Å²) < 4.78 is 0. The van der Waals surface area contributed by atoms with E-state index in [0.29, 0.717) is 13.1 Å². The predicted octanol–water partition coefficient (Wildman–Crippen LogP) is 3.62. The van der Waals surface area contributed by atoms with Crippen LogP contribution in [0.25, 0.3) is 0 Å². The highest BCUT2D eigenvalue weighted by atomic mass is 16.2. The molecule has 1 aliphatic heterocycles. The van der Waals surface area contributed by atoms with Crippen molar-refractivity contribution in [1.82, 2.24) is 15.1 Å². The van der Waals surface area contributed by atoms with Crippen molar-refractivity contribution in [2.24, 2.45) is 5.92 Å². The van der Waals surface area contributed by atoms with Gasteiger partial charge in [-0.25, -0.2) is 0 Å². The van der Waals surface area contributed by atoms with E-state index in [1.807, 2.05) is 17.0 Å². The number of carbonyl (C=O) groups excluding carboxylic acids is 2. The molecule has 2 aromatic carbocycles. The molecule has 1 N–H and O–H groups in total. The van der Waals surface area contributed by atoms with Gasteiger partial charge in [-0.05, 0) is 24.0 Å². The first-order valence-corrected chi connectivity index (χ1v) is 11.6. The molecule has 0 spiro atoms. The first-order valence-electron chi connectivity index (χ1n) is 11.6. The van der Waals surface area contributed by atoms with Crippen LogP contribution in [0.5, 0.6) is 0 Å². The van der Waals surface area contributed by atoms with E-state index in [-0.39, 0.29) is 30.3 Å². The van der Waals surface area contributed by atoms with Crippen molar-refractivity contribution < 1.29 is 9.59 Å².